The topological polar surface area (TPSA) is 97.0 Å². The van der Waals surface area contributed by atoms with E-state index in [0.717, 1.165) is 17.7 Å². The monoisotopic (exact) mass is 358 g/mol. The van der Waals surface area contributed by atoms with Crippen LogP contribution in [0.15, 0.2) is 29.1 Å². The van der Waals surface area contributed by atoms with Gasteiger partial charge >= 0.3 is 0 Å². The van der Waals surface area contributed by atoms with Crippen molar-refractivity contribution in [3.05, 3.63) is 40.3 Å². The Hall–Kier alpha value is -2.70. The molecule has 0 aliphatic carbocycles. The van der Waals surface area contributed by atoms with Crippen molar-refractivity contribution in [1.82, 2.24) is 20.5 Å². The van der Waals surface area contributed by atoms with E-state index in [1.54, 1.807) is 0 Å². The third kappa shape index (κ3) is 5.98. The molecule has 2 N–H and O–H groups in total. The van der Waals surface area contributed by atoms with Crippen molar-refractivity contribution < 1.29 is 9.53 Å². The number of carbonyl (C=O) groups is 1. The second-order valence-electron chi connectivity index (χ2n) is 6.44. The fourth-order valence-electron chi connectivity index (χ4n) is 2.35. The molecule has 0 radical (unpaired) electrons. The first-order valence-electron chi connectivity index (χ1n) is 8.95. The maximum atomic E-state index is 12.2. The van der Waals surface area contributed by atoms with Crippen molar-refractivity contribution in [2.45, 2.75) is 40.0 Å². The van der Waals surface area contributed by atoms with Gasteiger partial charge in [0.1, 0.15) is 11.4 Å². The Morgan fingerprint density at radius 3 is 2.58 bits per heavy atom. The Morgan fingerprint density at radius 2 is 1.96 bits per heavy atom. The number of aromatic amines is 1. The van der Waals surface area contributed by atoms with E-state index in [9.17, 15) is 9.59 Å². The summed E-state index contributed by atoms with van der Waals surface area (Å²) in [6, 6.07) is 7.25. The third-order valence-electron chi connectivity index (χ3n) is 3.84. The van der Waals surface area contributed by atoms with Crippen molar-refractivity contribution in [2.75, 3.05) is 13.2 Å². The molecular formula is C19H26N4O3. The Bertz CT molecular complexity index is 769. The minimum Gasteiger partial charge on any atom is -0.494 e. The van der Waals surface area contributed by atoms with Crippen LogP contribution < -0.4 is 15.6 Å². The molecule has 0 unspecified atom stereocenters. The summed E-state index contributed by atoms with van der Waals surface area (Å²) in [5, 5.41) is 10.9. The van der Waals surface area contributed by atoms with Crippen LogP contribution in [-0.2, 0) is 11.2 Å². The third-order valence-corrected chi connectivity index (χ3v) is 3.84. The normalized spacial score (nSPS) is 10.8. The Balaban J connectivity index is 1.94. The number of rotatable bonds is 9. The molecule has 2 aromatic rings. The van der Waals surface area contributed by atoms with Gasteiger partial charge in [-0.05, 0) is 43.5 Å². The van der Waals surface area contributed by atoms with Gasteiger partial charge in [-0.3, -0.25) is 9.59 Å². The number of nitrogens with one attached hydrogen (secondary N) is 2. The summed E-state index contributed by atoms with van der Waals surface area (Å²) in [6.07, 6.45) is 1.42. The maximum absolute atomic E-state index is 12.2. The van der Waals surface area contributed by atoms with Gasteiger partial charge in [-0.15, -0.1) is 10.2 Å². The Morgan fingerprint density at radius 1 is 1.23 bits per heavy atom. The zero-order valence-corrected chi connectivity index (χ0v) is 15.5. The number of aryl methyl sites for hydroxylation is 1. The van der Waals surface area contributed by atoms with Crippen LogP contribution in [0.25, 0.3) is 11.4 Å². The van der Waals surface area contributed by atoms with Crippen molar-refractivity contribution in [1.29, 1.82) is 0 Å². The standard InChI is InChI=1S/C19H26N4O3/c1-4-26-15-7-5-14(6-8-15)18-21-19(25)16(22-23-18)9-10-17(24)20-12-11-13(2)3/h5-8,13H,4,9-12H2,1-3H3,(H,20,24)(H,21,23,25). The van der Waals surface area contributed by atoms with Crippen LogP contribution in [0.3, 0.4) is 0 Å². The molecule has 2 rings (SSSR count). The number of amides is 1. The van der Waals surface area contributed by atoms with Gasteiger partial charge in [0.2, 0.25) is 5.91 Å². The molecule has 0 fully saturated rings. The quantitative estimate of drug-likeness (QED) is 0.717. The predicted octanol–water partition coefficient (Wildman–Crippen LogP) is 2.33. The number of carbonyl (C=O) groups excluding carboxylic acids is 1. The summed E-state index contributed by atoms with van der Waals surface area (Å²) in [6.45, 7) is 7.37. The summed E-state index contributed by atoms with van der Waals surface area (Å²) < 4.78 is 5.39. The van der Waals surface area contributed by atoms with Gasteiger partial charge < -0.3 is 15.0 Å². The molecule has 1 aromatic carbocycles. The van der Waals surface area contributed by atoms with Crippen molar-refractivity contribution >= 4 is 5.91 Å². The first-order valence-corrected chi connectivity index (χ1v) is 8.95. The van der Waals surface area contributed by atoms with Crippen LogP contribution in [0.2, 0.25) is 0 Å². The highest BCUT2D eigenvalue weighted by atomic mass is 16.5. The molecular weight excluding hydrogens is 332 g/mol. The second-order valence-corrected chi connectivity index (χ2v) is 6.44. The minimum absolute atomic E-state index is 0.0811. The zero-order chi connectivity index (χ0) is 18.9. The highest BCUT2D eigenvalue weighted by Crippen LogP contribution is 2.18. The van der Waals surface area contributed by atoms with Gasteiger partial charge in [0.05, 0.1) is 6.61 Å². The lowest BCUT2D eigenvalue weighted by atomic mass is 10.1. The summed E-state index contributed by atoms with van der Waals surface area (Å²) in [5.41, 5.74) is 0.689. The van der Waals surface area contributed by atoms with Crippen LogP contribution in [0.4, 0.5) is 0 Å². The number of H-pyrrole nitrogens is 1. The molecule has 0 atom stereocenters. The molecule has 140 valence electrons. The Labute approximate surface area is 153 Å². The first-order chi connectivity index (χ1) is 12.5. The molecule has 1 heterocycles. The van der Waals surface area contributed by atoms with Crippen LogP contribution in [0, 0.1) is 5.92 Å². The summed E-state index contributed by atoms with van der Waals surface area (Å²) in [4.78, 5) is 26.7. The highest BCUT2D eigenvalue weighted by Gasteiger charge is 2.09. The molecule has 0 aliphatic rings. The van der Waals surface area contributed by atoms with Crippen LogP contribution in [0.1, 0.15) is 39.3 Å². The largest absolute Gasteiger partial charge is 0.494 e. The average Bonchev–Trinajstić information content (AvgIpc) is 2.61. The van der Waals surface area contributed by atoms with E-state index in [4.69, 9.17) is 4.74 Å². The second kappa shape index (κ2) is 9.70. The summed E-state index contributed by atoms with van der Waals surface area (Å²) in [5.74, 6) is 1.61. The fraction of sp³-hybridized carbons (Fsp3) is 0.474. The van der Waals surface area contributed by atoms with Crippen molar-refractivity contribution in [3.8, 4) is 17.1 Å². The molecule has 0 aliphatic heterocycles. The molecule has 26 heavy (non-hydrogen) atoms. The fourth-order valence-corrected chi connectivity index (χ4v) is 2.35. The molecule has 7 heteroatoms. The first kappa shape index (κ1) is 19.6. The molecule has 0 bridgehead atoms. The zero-order valence-electron chi connectivity index (χ0n) is 15.5. The molecule has 0 spiro atoms. The van der Waals surface area contributed by atoms with Gasteiger partial charge in [0.25, 0.3) is 5.56 Å². The van der Waals surface area contributed by atoms with E-state index in [0.29, 0.717) is 24.9 Å². The smallest absolute Gasteiger partial charge is 0.273 e. The summed E-state index contributed by atoms with van der Waals surface area (Å²) >= 11 is 0. The molecule has 7 nitrogen and oxygen atoms in total. The molecule has 1 aromatic heterocycles. The van der Waals surface area contributed by atoms with Crippen LogP contribution in [0.5, 0.6) is 5.75 Å². The maximum Gasteiger partial charge on any atom is 0.273 e. The molecule has 0 saturated carbocycles. The highest BCUT2D eigenvalue weighted by molar-refractivity contribution is 5.76. The number of ether oxygens (including phenoxy) is 1. The lowest BCUT2D eigenvalue weighted by Gasteiger charge is -2.07. The van der Waals surface area contributed by atoms with Gasteiger partial charge in [-0.25, -0.2) is 0 Å². The minimum atomic E-state index is -0.320. The van der Waals surface area contributed by atoms with E-state index in [1.165, 1.54) is 0 Å². The van der Waals surface area contributed by atoms with Gasteiger partial charge in [-0.1, -0.05) is 13.8 Å². The van der Waals surface area contributed by atoms with E-state index < -0.39 is 0 Å². The van der Waals surface area contributed by atoms with Crippen LogP contribution >= 0.6 is 0 Å². The van der Waals surface area contributed by atoms with Gasteiger partial charge in [0, 0.05) is 24.9 Å². The predicted molar refractivity (Wildman–Crippen MR) is 100 cm³/mol. The average molecular weight is 358 g/mol. The number of hydrogen-bond donors (Lipinski definition) is 2. The van der Waals surface area contributed by atoms with E-state index in [2.05, 4.69) is 34.3 Å². The van der Waals surface area contributed by atoms with Crippen molar-refractivity contribution in [2.24, 2.45) is 5.92 Å². The lowest BCUT2D eigenvalue weighted by Crippen LogP contribution is -2.27. The molecule has 1 amide bonds. The van der Waals surface area contributed by atoms with Gasteiger partial charge in [0.15, 0.2) is 5.82 Å². The van der Waals surface area contributed by atoms with Crippen LogP contribution in [-0.4, -0.2) is 34.2 Å². The summed E-state index contributed by atoms with van der Waals surface area (Å²) in [7, 11) is 0. The molecule has 0 saturated heterocycles. The van der Waals surface area contributed by atoms with E-state index >= 15 is 0 Å². The lowest BCUT2D eigenvalue weighted by molar-refractivity contribution is -0.121. The van der Waals surface area contributed by atoms with E-state index in [1.807, 2.05) is 31.2 Å². The number of aromatic nitrogens is 3. The number of benzene rings is 1. The van der Waals surface area contributed by atoms with Gasteiger partial charge in [-0.2, -0.15) is 0 Å². The SMILES string of the molecule is CCOc1ccc(-c2nnc(CCC(=O)NCCC(C)C)c(=O)[nH]2)cc1. The van der Waals surface area contributed by atoms with E-state index in [-0.39, 0.29) is 30.0 Å². The van der Waals surface area contributed by atoms with Crippen molar-refractivity contribution in [3.63, 3.8) is 0 Å². The number of hydrogen-bond acceptors (Lipinski definition) is 5. The number of nitrogens with zero attached hydrogens (tertiary/aromatic N) is 2. The Kier molecular flexibility index (Phi) is 7.32.